The molecule has 0 heterocycles. The van der Waals surface area contributed by atoms with Crippen LogP contribution < -0.4 is 5.32 Å². The third kappa shape index (κ3) is 7.05. The minimum Gasteiger partial charge on any atom is -0.320 e. The number of nitrogens with one attached hydrogen (secondary N) is 1. The summed E-state index contributed by atoms with van der Waals surface area (Å²) in [4.78, 5) is -0.110. The van der Waals surface area contributed by atoms with E-state index in [-0.39, 0.29) is 22.2 Å². The van der Waals surface area contributed by atoms with Crippen molar-refractivity contribution in [1.29, 1.82) is 0 Å². The van der Waals surface area contributed by atoms with Crippen LogP contribution in [0.25, 0.3) is 0 Å². The van der Waals surface area contributed by atoms with Gasteiger partial charge in [-0.25, -0.2) is 8.42 Å². The molecule has 0 aliphatic rings. The minimum absolute atomic E-state index is 0. The van der Waals surface area contributed by atoms with Crippen LogP contribution in [0.15, 0.2) is 64.4 Å². The number of hydrogen-bond donors (Lipinski definition) is 1. The molecule has 2 aromatic rings. The lowest BCUT2D eigenvalue weighted by molar-refractivity contribution is -0.137. The van der Waals surface area contributed by atoms with Gasteiger partial charge in [0.05, 0.1) is 15.4 Å². The molecule has 0 aliphatic heterocycles. The second-order valence-electron chi connectivity index (χ2n) is 4.94. The second-order valence-corrected chi connectivity index (χ2v) is 6.89. The van der Waals surface area contributed by atoms with Gasteiger partial charge in [0.25, 0.3) is 0 Å². The lowest BCUT2D eigenvalue weighted by Gasteiger charge is -2.08. The van der Waals surface area contributed by atoms with Crippen molar-refractivity contribution >= 4 is 22.2 Å². The van der Waals surface area contributed by atoms with Crippen molar-refractivity contribution < 1.29 is 21.6 Å². The molecule has 0 spiro atoms. The van der Waals surface area contributed by atoms with Gasteiger partial charge in [-0.1, -0.05) is 25.1 Å². The molecule has 3 nitrogen and oxygen atoms in total. The zero-order valence-electron chi connectivity index (χ0n) is 13.9. The molecule has 140 valence electrons. The molecular formula is C17H21ClF3NO2S. The Kier molecular flexibility index (Phi) is 9.77. The lowest BCUT2D eigenvalue weighted by Crippen LogP contribution is -2.06. The van der Waals surface area contributed by atoms with E-state index in [0.29, 0.717) is 0 Å². The highest BCUT2D eigenvalue weighted by molar-refractivity contribution is 7.91. The third-order valence-electron chi connectivity index (χ3n) is 3.05. The SMILES string of the molecule is CCCNC.Cl.O=S(=O)(c1ccccc1)c1ccc(C(F)(F)F)cc1. The van der Waals surface area contributed by atoms with Crippen LogP contribution in [0.3, 0.4) is 0 Å². The Hall–Kier alpha value is -1.57. The smallest absolute Gasteiger partial charge is 0.320 e. The first-order chi connectivity index (χ1) is 11.2. The molecule has 0 saturated carbocycles. The molecule has 0 bridgehead atoms. The summed E-state index contributed by atoms with van der Waals surface area (Å²) in [6.07, 6.45) is -3.24. The Morgan fingerprint density at radius 3 is 1.76 bits per heavy atom. The molecule has 0 unspecified atom stereocenters. The first kappa shape index (κ1) is 23.4. The van der Waals surface area contributed by atoms with Gasteiger partial charge in [0.2, 0.25) is 9.84 Å². The summed E-state index contributed by atoms with van der Waals surface area (Å²) in [5.41, 5.74) is -0.875. The topological polar surface area (TPSA) is 46.2 Å². The summed E-state index contributed by atoms with van der Waals surface area (Å²) in [7, 11) is -1.81. The Morgan fingerprint density at radius 1 is 0.920 bits per heavy atom. The molecule has 0 aliphatic carbocycles. The van der Waals surface area contributed by atoms with E-state index in [0.717, 1.165) is 30.8 Å². The Labute approximate surface area is 152 Å². The minimum atomic E-state index is -4.48. The highest BCUT2D eigenvalue weighted by Gasteiger charge is 2.30. The van der Waals surface area contributed by atoms with Crippen LogP contribution in [0.1, 0.15) is 18.9 Å². The zero-order valence-corrected chi connectivity index (χ0v) is 15.5. The predicted octanol–water partition coefficient (Wildman–Crippen LogP) is 4.58. The van der Waals surface area contributed by atoms with Gasteiger partial charge in [0.15, 0.2) is 0 Å². The quantitative estimate of drug-likeness (QED) is 0.824. The van der Waals surface area contributed by atoms with Crippen molar-refractivity contribution in [3.8, 4) is 0 Å². The Morgan fingerprint density at radius 2 is 1.40 bits per heavy atom. The van der Waals surface area contributed by atoms with Crippen LogP contribution in [0.5, 0.6) is 0 Å². The summed E-state index contributed by atoms with van der Waals surface area (Å²) in [6, 6.07) is 11.0. The van der Waals surface area contributed by atoms with Gasteiger partial charge in [-0.15, -0.1) is 12.4 Å². The molecule has 2 rings (SSSR count). The molecule has 8 heteroatoms. The Balaban J connectivity index is 0.000000848. The van der Waals surface area contributed by atoms with E-state index in [9.17, 15) is 21.6 Å². The second kappa shape index (κ2) is 10.4. The summed E-state index contributed by atoms with van der Waals surface area (Å²) < 4.78 is 61.4. The zero-order chi connectivity index (χ0) is 18.2. The van der Waals surface area contributed by atoms with Crippen molar-refractivity contribution in [2.45, 2.75) is 29.3 Å². The number of halogens is 4. The van der Waals surface area contributed by atoms with Crippen molar-refractivity contribution in [2.75, 3.05) is 13.6 Å². The molecule has 25 heavy (non-hydrogen) atoms. The molecule has 0 saturated heterocycles. The predicted molar refractivity (Wildman–Crippen MR) is 94.8 cm³/mol. The largest absolute Gasteiger partial charge is 0.416 e. The van der Waals surface area contributed by atoms with Gasteiger partial charge in [0, 0.05) is 0 Å². The fourth-order valence-corrected chi connectivity index (χ4v) is 3.09. The van der Waals surface area contributed by atoms with Crippen molar-refractivity contribution in [2.24, 2.45) is 0 Å². The first-order valence-electron chi connectivity index (χ1n) is 7.35. The first-order valence-corrected chi connectivity index (χ1v) is 8.83. The summed E-state index contributed by atoms with van der Waals surface area (Å²) >= 11 is 0. The average molecular weight is 396 g/mol. The van der Waals surface area contributed by atoms with E-state index in [4.69, 9.17) is 0 Å². The van der Waals surface area contributed by atoms with Gasteiger partial charge < -0.3 is 5.32 Å². The number of rotatable bonds is 4. The van der Waals surface area contributed by atoms with Crippen LogP contribution in [0.2, 0.25) is 0 Å². The number of sulfone groups is 1. The maximum Gasteiger partial charge on any atom is 0.416 e. The van der Waals surface area contributed by atoms with E-state index in [1.807, 2.05) is 7.05 Å². The number of benzene rings is 2. The molecule has 0 atom stereocenters. The van der Waals surface area contributed by atoms with E-state index >= 15 is 0 Å². The molecule has 0 aromatic heterocycles. The lowest BCUT2D eigenvalue weighted by atomic mass is 10.2. The van der Waals surface area contributed by atoms with Gasteiger partial charge in [-0.05, 0) is 56.4 Å². The number of alkyl halides is 3. The van der Waals surface area contributed by atoms with Crippen LogP contribution in [-0.2, 0) is 16.0 Å². The monoisotopic (exact) mass is 395 g/mol. The van der Waals surface area contributed by atoms with Crippen molar-refractivity contribution in [3.05, 3.63) is 60.2 Å². The highest BCUT2D eigenvalue weighted by Crippen LogP contribution is 2.30. The molecule has 0 radical (unpaired) electrons. The number of hydrogen-bond acceptors (Lipinski definition) is 3. The van der Waals surface area contributed by atoms with Gasteiger partial charge in [0.1, 0.15) is 0 Å². The highest BCUT2D eigenvalue weighted by atomic mass is 35.5. The van der Waals surface area contributed by atoms with Crippen molar-refractivity contribution in [1.82, 2.24) is 5.32 Å². The maximum absolute atomic E-state index is 12.4. The van der Waals surface area contributed by atoms with Crippen LogP contribution in [-0.4, -0.2) is 22.0 Å². The van der Waals surface area contributed by atoms with Crippen LogP contribution >= 0.6 is 12.4 Å². The van der Waals surface area contributed by atoms with Crippen LogP contribution in [0.4, 0.5) is 13.2 Å². The maximum atomic E-state index is 12.4. The van der Waals surface area contributed by atoms with E-state index in [2.05, 4.69) is 12.2 Å². The summed E-state index contributed by atoms with van der Waals surface area (Å²) in [5.74, 6) is 0. The molecule has 2 aromatic carbocycles. The van der Waals surface area contributed by atoms with E-state index in [1.54, 1.807) is 18.2 Å². The Bertz CT molecular complexity index is 716. The average Bonchev–Trinajstić information content (AvgIpc) is 2.56. The standard InChI is InChI=1S/C13H9F3O2S.C4H11N.ClH/c14-13(15,16)10-6-8-12(9-7-10)19(17,18)11-4-2-1-3-5-11;1-3-4-5-2;/h1-9H;5H,3-4H2,1-2H3;1H. The van der Waals surface area contributed by atoms with Gasteiger partial charge in [-0.2, -0.15) is 13.2 Å². The summed E-state index contributed by atoms with van der Waals surface area (Å²) in [6.45, 7) is 3.29. The molecular weight excluding hydrogens is 375 g/mol. The van der Waals surface area contributed by atoms with Crippen LogP contribution in [0, 0.1) is 0 Å². The fraction of sp³-hybridized carbons (Fsp3) is 0.294. The fourth-order valence-electron chi connectivity index (χ4n) is 1.81. The molecule has 0 amide bonds. The summed E-state index contributed by atoms with van der Waals surface area (Å²) in [5, 5.41) is 3.02. The van der Waals surface area contributed by atoms with Gasteiger partial charge >= 0.3 is 6.18 Å². The molecule has 1 N–H and O–H groups in total. The van der Waals surface area contributed by atoms with Crippen molar-refractivity contribution in [3.63, 3.8) is 0 Å². The van der Waals surface area contributed by atoms with E-state index < -0.39 is 21.6 Å². The van der Waals surface area contributed by atoms with E-state index in [1.165, 1.54) is 18.6 Å². The van der Waals surface area contributed by atoms with Gasteiger partial charge in [-0.3, -0.25) is 0 Å². The normalized spacial score (nSPS) is 11.1. The third-order valence-corrected chi connectivity index (χ3v) is 4.83. The molecule has 0 fully saturated rings.